The smallest absolute Gasteiger partial charge is 0.276 e. The molecule has 1 amide bonds. The molecule has 0 aliphatic carbocycles. The Morgan fingerprint density at radius 3 is 2.82 bits per heavy atom. The second kappa shape index (κ2) is 7.75. The van der Waals surface area contributed by atoms with E-state index in [2.05, 4.69) is 15.6 Å². The monoisotopic (exact) mass is 381 g/mol. The van der Waals surface area contributed by atoms with Gasteiger partial charge in [0.1, 0.15) is 11.3 Å². The lowest BCUT2D eigenvalue weighted by atomic mass is 10.1. The van der Waals surface area contributed by atoms with Crippen molar-refractivity contribution in [3.8, 4) is 0 Å². The van der Waals surface area contributed by atoms with Gasteiger partial charge in [-0.05, 0) is 58.8 Å². The molecule has 1 N–H and O–H groups in total. The van der Waals surface area contributed by atoms with Crippen molar-refractivity contribution in [2.24, 2.45) is 0 Å². The minimum absolute atomic E-state index is 0.104. The summed E-state index contributed by atoms with van der Waals surface area (Å²) in [6.07, 6.45) is 2.01. The Morgan fingerprint density at radius 2 is 2.11 bits per heavy atom. The molecule has 1 fully saturated rings. The lowest BCUT2D eigenvalue weighted by molar-refractivity contribution is 0.0677. The number of nitrogens with zero attached hydrogens (tertiary/aromatic N) is 4. The number of rotatable bonds is 5. The van der Waals surface area contributed by atoms with Crippen LogP contribution in [0.3, 0.4) is 0 Å². The van der Waals surface area contributed by atoms with Crippen LogP contribution >= 0.6 is 0 Å². The molecule has 7 heteroatoms. The van der Waals surface area contributed by atoms with Gasteiger partial charge in [-0.25, -0.2) is 4.68 Å². The van der Waals surface area contributed by atoms with Gasteiger partial charge in [-0.15, -0.1) is 5.10 Å². The molecule has 28 heavy (non-hydrogen) atoms. The highest BCUT2D eigenvalue weighted by atomic mass is 16.3. The summed E-state index contributed by atoms with van der Waals surface area (Å²) in [5, 5.41) is 13.0. The predicted octanol–water partition coefficient (Wildman–Crippen LogP) is 3.48. The number of hydrogen-bond donors (Lipinski definition) is 1. The molecule has 148 valence electrons. The van der Waals surface area contributed by atoms with E-state index in [1.165, 1.54) is 0 Å². The predicted molar refractivity (Wildman–Crippen MR) is 107 cm³/mol. The number of hydrogen-bond acceptors (Lipinski definition) is 5. The van der Waals surface area contributed by atoms with Crippen LogP contribution in [0.25, 0.3) is 11.0 Å². The van der Waals surface area contributed by atoms with E-state index >= 15 is 0 Å². The van der Waals surface area contributed by atoms with Crippen molar-refractivity contribution in [3.05, 3.63) is 47.5 Å². The van der Waals surface area contributed by atoms with Crippen LogP contribution in [0.4, 0.5) is 0 Å². The van der Waals surface area contributed by atoms with Crippen LogP contribution in [-0.4, -0.2) is 45.4 Å². The molecular formula is C21H27N5O2. The highest BCUT2D eigenvalue weighted by Gasteiger charge is 2.29. The van der Waals surface area contributed by atoms with Crippen molar-refractivity contribution in [1.82, 2.24) is 25.2 Å². The summed E-state index contributed by atoms with van der Waals surface area (Å²) in [5.41, 5.74) is 2.11. The fourth-order valence-electron chi connectivity index (χ4n) is 4.03. The molecule has 0 spiro atoms. The Hall–Kier alpha value is -2.67. The van der Waals surface area contributed by atoms with Crippen molar-refractivity contribution >= 4 is 16.9 Å². The van der Waals surface area contributed by atoms with E-state index in [-0.39, 0.29) is 11.9 Å². The first kappa shape index (κ1) is 18.7. The van der Waals surface area contributed by atoms with Gasteiger partial charge in [-0.1, -0.05) is 23.4 Å². The molecule has 0 radical (unpaired) electrons. The standard InChI is InChI=1S/C21H27N5O2/c1-4-25(14(2)19-13-16-7-5-6-8-18(16)28-19)21(27)20-15(3)26(24-23-20)17-9-11-22-12-10-17/h5-8,13-14,17,22H,4,9-12H2,1-3H3. The Balaban J connectivity index is 1.59. The molecule has 1 saturated heterocycles. The van der Waals surface area contributed by atoms with Gasteiger partial charge >= 0.3 is 0 Å². The molecular weight excluding hydrogens is 354 g/mol. The van der Waals surface area contributed by atoms with E-state index in [9.17, 15) is 4.79 Å². The van der Waals surface area contributed by atoms with E-state index in [0.29, 0.717) is 18.3 Å². The van der Waals surface area contributed by atoms with Crippen LogP contribution in [0.1, 0.15) is 60.7 Å². The maximum atomic E-state index is 13.3. The number of fused-ring (bicyclic) bond motifs is 1. The molecule has 1 unspecified atom stereocenters. The van der Waals surface area contributed by atoms with Crippen molar-refractivity contribution in [3.63, 3.8) is 0 Å². The zero-order valence-electron chi connectivity index (χ0n) is 16.7. The number of para-hydroxylation sites is 1. The van der Waals surface area contributed by atoms with Crippen LogP contribution in [0.15, 0.2) is 34.7 Å². The first-order valence-electron chi connectivity index (χ1n) is 10.0. The van der Waals surface area contributed by atoms with E-state index < -0.39 is 0 Å². The zero-order chi connectivity index (χ0) is 19.7. The minimum Gasteiger partial charge on any atom is -0.459 e. The topological polar surface area (TPSA) is 76.2 Å². The summed E-state index contributed by atoms with van der Waals surface area (Å²) in [6, 6.07) is 10.0. The maximum absolute atomic E-state index is 13.3. The van der Waals surface area contributed by atoms with Crippen LogP contribution < -0.4 is 5.32 Å². The molecule has 4 rings (SSSR count). The average Bonchev–Trinajstić information content (AvgIpc) is 3.32. The van der Waals surface area contributed by atoms with Crippen molar-refractivity contribution in [2.75, 3.05) is 19.6 Å². The summed E-state index contributed by atoms with van der Waals surface area (Å²) in [4.78, 5) is 15.1. The first-order chi connectivity index (χ1) is 13.6. The Bertz CT molecular complexity index is 937. The lowest BCUT2D eigenvalue weighted by Crippen LogP contribution is -2.34. The SMILES string of the molecule is CCN(C(=O)c1nnn(C2CCNCC2)c1C)C(C)c1cc2ccccc2o1. The van der Waals surface area contributed by atoms with E-state index in [1.807, 2.05) is 55.8 Å². The highest BCUT2D eigenvalue weighted by Crippen LogP contribution is 2.29. The molecule has 1 atom stereocenters. The van der Waals surface area contributed by atoms with Gasteiger partial charge in [0.05, 0.1) is 17.8 Å². The number of aromatic nitrogens is 3. The van der Waals surface area contributed by atoms with Gasteiger partial charge in [0.2, 0.25) is 0 Å². The molecule has 7 nitrogen and oxygen atoms in total. The van der Waals surface area contributed by atoms with Gasteiger partial charge in [0.25, 0.3) is 5.91 Å². The summed E-state index contributed by atoms with van der Waals surface area (Å²) in [6.45, 7) is 8.41. The van der Waals surface area contributed by atoms with Crippen molar-refractivity contribution < 1.29 is 9.21 Å². The summed E-state index contributed by atoms with van der Waals surface area (Å²) in [7, 11) is 0. The van der Waals surface area contributed by atoms with Gasteiger partial charge in [0.15, 0.2) is 5.69 Å². The van der Waals surface area contributed by atoms with Gasteiger partial charge in [-0.2, -0.15) is 0 Å². The summed E-state index contributed by atoms with van der Waals surface area (Å²) >= 11 is 0. The molecule has 1 aliphatic rings. The maximum Gasteiger partial charge on any atom is 0.276 e. The van der Waals surface area contributed by atoms with Crippen LogP contribution in [0, 0.1) is 6.92 Å². The molecule has 2 aromatic heterocycles. The van der Waals surface area contributed by atoms with Crippen molar-refractivity contribution in [1.29, 1.82) is 0 Å². The average molecular weight is 381 g/mol. The molecule has 0 bridgehead atoms. The minimum atomic E-state index is -0.187. The summed E-state index contributed by atoms with van der Waals surface area (Å²) < 4.78 is 7.91. The second-order valence-electron chi connectivity index (χ2n) is 7.40. The van der Waals surface area contributed by atoms with Crippen LogP contribution in [0.2, 0.25) is 0 Å². The third-order valence-corrected chi connectivity index (χ3v) is 5.71. The Kier molecular flexibility index (Phi) is 5.17. The fourth-order valence-corrected chi connectivity index (χ4v) is 4.03. The number of carbonyl (C=O) groups is 1. The van der Waals surface area contributed by atoms with Crippen LogP contribution in [-0.2, 0) is 0 Å². The number of amides is 1. The highest BCUT2D eigenvalue weighted by molar-refractivity contribution is 5.93. The molecule has 3 heterocycles. The molecule has 1 aromatic carbocycles. The third kappa shape index (κ3) is 3.30. The normalized spacial score (nSPS) is 16.4. The number of benzene rings is 1. The third-order valence-electron chi connectivity index (χ3n) is 5.71. The molecule has 0 saturated carbocycles. The van der Waals surface area contributed by atoms with E-state index in [4.69, 9.17) is 4.42 Å². The van der Waals surface area contributed by atoms with E-state index in [0.717, 1.165) is 48.4 Å². The first-order valence-corrected chi connectivity index (χ1v) is 10.0. The van der Waals surface area contributed by atoms with E-state index in [1.54, 1.807) is 4.90 Å². The number of furan rings is 1. The quantitative estimate of drug-likeness (QED) is 0.732. The van der Waals surface area contributed by atoms with Gasteiger partial charge in [0, 0.05) is 11.9 Å². The largest absolute Gasteiger partial charge is 0.459 e. The van der Waals surface area contributed by atoms with Gasteiger partial charge in [-0.3, -0.25) is 4.79 Å². The fraction of sp³-hybridized carbons (Fsp3) is 0.476. The second-order valence-corrected chi connectivity index (χ2v) is 7.40. The molecule has 1 aliphatic heterocycles. The van der Waals surface area contributed by atoms with Crippen molar-refractivity contribution in [2.45, 2.75) is 45.7 Å². The number of nitrogens with one attached hydrogen (secondary N) is 1. The molecule has 3 aromatic rings. The lowest BCUT2D eigenvalue weighted by Gasteiger charge is -2.26. The Morgan fingerprint density at radius 1 is 1.36 bits per heavy atom. The van der Waals surface area contributed by atoms with Gasteiger partial charge < -0.3 is 14.6 Å². The number of piperidine rings is 1. The van der Waals surface area contributed by atoms with Crippen LogP contribution in [0.5, 0.6) is 0 Å². The number of carbonyl (C=O) groups excluding carboxylic acids is 1. The zero-order valence-corrected chi connectivity index (χ0v) is 16.7. The Labute approximate surface area is 164 Å². The summed E-state index contributed by atoms with van der Waals surface area (Å²) in [5.74, 6) is 0.674.